The van der Waals surface area contributed by atoms with Gasteiger partial charge in [0.2, 0.25) is 0 Å². The summed E-state index contributed by atoms with van der Waals surface area (Å²) in [4.78, 5) is 22.4. The van der Waals surface area contributed by atoms with Crippen molar-refractivity contribution in [3.8, 4) is 0 Å². The Morgan fingerprint density at radius 3 is 2.32 bits per heavy atom. The van der Waals surface area contributed by atoms with Gasteiger partial charge in [0, 0.05) is 12.1 Å². The Morgan fingerprint density at radius 2 is 1.84 bits per heavy atom. The summed E-state index contributed by atoms with van der Waals surface area (Å²) in [5.74, 6) is -1.37. The summed E-state index contributed by atoms with van der Waals surface area (Å²) < 4.78 is 0. The molecule has 0 bridgehead atoms. The molecule has 0 aromatic carbocycles. The van der Waals surface area contributed by atoms with Gasteiger partial charge in [0.05, 0.1) is 6.54 Å². The van der Waals surface area contributed by atoms with Crippen LogP contribution in [-0.2, 0) is 4.79 Å². The van der Waals surface area contributed by atoms with Crippen LogP contribution >= 0.6 is 0 Å². The monoisotopic (exact) mass is 273 g/mol. The van der Waals surface area contributed by atoms with Gasteiger partial charge < -0.3 is 15.5 Å². The molecule has 1 aliphatic heterocycles. The maximum atomic E-state index is 11.7. The zero-order valence-electron chi connectivity index (χ0n) is 11.6. The highest BCUT2D eigenvalue weighted by atomic mass is 16.4. The number of rotatable bonds is 4. The number of carbonyl (C=O) groups excluding carboxylic acids is 1. The van der Waals surface area contributed by atoms with Crippen LogP contribution in [0.1, 0.15) is 40.0 Å². The quantitative estimate of drug-likeness (QED) is 0.590. The van der Waals surface area contributed by atoms with E-state index in [-0.39, 0.29) is 18.6 Å². The number of nitrogens with one attached hydrogen (secondary N) is 2. The lowest BCUT2D eigenvalue weighted by Crippen LogP contribution is -2.58. The van der Waals surface area contributed by atoms with Gasteiger partial charge >= 0.3 is 12.0 Å². The average Bonchev–Trinajstić information content (AvgIpc) is 2.31. The highest BCUT2D eigenvalue weighted by molar-refractivity contribution is 5.79. The molecule has 7 nitrogen and oxygen atoms in total. The second-order valence-electron chi connectivity index (χ2n) is 5.41. The first-order chi connectivity index (χ1) is 8.74. The summed E-state index contributed by atoms with van der Waals surface area (Å²) in [7, 11) is 0. The van der Waals surface area contributed by atoms with Gasteiger partial charge in [0.1, 0.15) is 0 Å². The number of nitrogens with zero attached hydrogens (tertiary/aromatic N) is 1. The van der Waals surface area contributed by atoms with E-state index in [4.69, 9.17) is 5.11 Å². The maximum Gasteiger partial charge on any atom is 0.337 e. The lowest BCUT2D eigenvalue weighted by molar-refractivity contribution is -0.155. The van der Waals surface area contributed by atoms with Gasteiger partial charge in [-0.1, -0.05) is 6.42 Å². The molecule has 1 saturated heterocycles. The summed E-state index contributed by atoms with van der Waals surface area (Å²) in [6.45, 7) is 4.86. The molecule has 7 heteroatoms. The maximum absolute atomic E-state index is 11.7. The van der Waals surface area contributed by atoms with Crippen molar-refractivity contribution in [2.75, 3.05) is 6.54 Å². The number of urea groups is 1. The van der Waals surface area contributed by atoms with E-state index < -0.39 is 17.6 Å². The zero-order valence-corrected chi connectivity index (χ0v) is 11.6. The molecule has 1 fully saturated rings. The van der Waals surface area contributed by atoms with Crippen molar-refractivity contribution in [1.29, 1.82) is 0 Å². The summed E-state index contributed by atoms with van der Waals surface area (Å²) in [6, 6.07) is -0.00825. The number of hydrazine groups is 1. The number of aliphatic carboxylic acids is 1. The van der Waals surface area contributed by atoms with E-state index in [2.05, 4.69) is 10.7 Å². The van der Waals surface area contributed by atoms with Crippen molar-refractivity contribution >= 4 is 12.0 Å². The van der Waals surface area contributed by atoms with E-state index in [0.29, 0.717) is 0 Å². The molecule has 3 unspecified atom stereocenters. The number of hydrogen-bond donors (Lipinski definition) is 4. The van der Waals surface area contributed by atoms with Crippen molar-refractivity contribution in [2.45, 2.75) is 57.7 Å². The molecule has 19 heavy (non-hydrogen) atoms. The van der Waals surface area contributed by atoms with Gasteiger partial charge in [0.15, 0.2) is 5.60 Å². The molecule has 0 radical (unpaired) electrons. The Balaban J connectivity index is 2.44. The Hall–Kier alpha value is -1.34. The fourth-order valence-corrected chi connectivity index (χ4v) is 2.13. The molecule has 0 aromatic heterocycles. The summed E-state index contributed by atoms with van der Waals surface area (Å²) in [5.41, 5.74) is 0.747. The van der Waals surface area contributed by atoms with E-state index >= 15 is 0 Å². The molecule has 1 rings (SSSR count). The molecular formula is C12H23N3O4. The number of hydrogen-bond acceptors (Lipinski definition) is 4. The van der Waals surface area contributed by atoms with Gasteiger partial charge in [-0.15, -0.1) is 0 Å². The van der Waals surface area contributed by atoms with Gasteiger partial charge in [0.25, 0.3) is 0 Å². The molecular weight excluding hydrogens is 250 g/mol. The van der Waals surface area contributed by atoms with Crippen molar-refractivity contribution < 1.29 is 19.8 Å². The molecule has 3 atom stereocenters. The van der Waals surface area contributed by atoms with Crippen LogP contribution in [0.25, 0.3) is 0 Å². The van der Waals surface area contributed by atoms with E-state index in [0.717, 1.165) is 26.2 Å². The smallest absolute Gasteiger partial charge is 0.337 e. The van der Waals surface area contributed by atoms with Crippen molar-refractivity contribution in [3.63, 3.8) is 0 Å². The summed E-state index contributed by atoms with van der Waals surface area (Å²) >= 11 is 0. The largest absolute Gasteiger partial charge is 0.479 e. The van der Waals surface area contributed by atoms with Gasteiger partial charge in [-0.3, -0.25) is 5.43 Å². The SMILES string of the molecule is CC1CCCC(C)N1NC(=O)NCC(C)(O)C(=O)O. The van der Waals surface area contributed by atoms with Gasteiger partial charge in [-0.2, -0.15) is 0 Å². The first-order valence-electron chi connectivity index (χ1n) is 6.52. The van der Waals surface area contributed by atoms with E-state index in [1.54, 1.807) is 0 Å². The number of carbonyl (C=O) groups is 2. The van der Waals surface area contributed by atoms with Crippen LogP contribution in [0.4, 0.5) is 4.79 Å². The molecule has 0 saturated carbocycles. The third-order valence-electron chi connectivity index (χ3n) is 3.48. The Labute approximate surface area is 112 Å². The lowest BCUT2D eigenvalue weighted by Gasteiger charge is -2.38. The fourth-order valence-electron chi connectivity index (χ4n) is 2.13. The fraction of sp³-hybridized carbons (Fsp3) is 0.833. The second kappa shape index (κ2) is 6.21. The second-order valence-corrected chi connectivity index (χ2v) is 5.41. The normalized spacial score (nSPS) is 27.4. The standard InChI is InChI=1S/C12H23N3O4/c1-8-5-4-6-9(2)15(8)14-11(18)13-7-12(3,19)10(16)17/h8-9,19H,4-7H2,1-3H3,(H,16,17)(H2,13,14,18). The highest BCUT2D eigenvalue weighted by Gasteiger charge is 2.31. The van der Waals surface area contributed by atoms with E-state index in [1.165, 1.54) is 0 Å². The van der Waals surface area contributed by atoms with Crippen LogP contribution in [0, 0.1) is 0 Å². The van der Waals surface area contributed by atoms with Crippen molar-refractivity contribution in [2.24, 2.45) is 0 Å². The van der Waals surface area contributed by atoms with E-state index in [9.17, 15) is 14.7 Å². The molecule has 4 N–H and O–H groups in total. The van der Waals surface area contributed by atoms with Crippen LogP contribution in [0.2, 0.25) is 0 Å². The minimum atomic E-state index is -1.96. The van der Waals surface area contributed by atoms with Gasteiger partial charge in [-0.05, 0) is 33.6 Å². The van der Waals surface area contributed by atoms with Crippen LogP contribution in [0.5, 0.6) is 0 Å². The predicted octanol–water partition coefficient (Wildman–Crippen LogP) is 0.299. The molecule has 110 valence electrons. The first-order valence-corrected chi connectivity index (χ1v) is 6.52. The lowest BCUT2D eigenvalue weighted by atomic mass is 10.00. The predicted molar refractivity (Wildman–Crippen MR) is 69.4 cm³/mol. The summed E-state index contributed by atoms with van der Waals surface area (Å²) in [5, 5.41) is 22.5. The Morgan fingerprint density at radius 1 is 1.32 bits per heavy atom. The Kier molecular flexibility index (Phi) is 5.13. The Bertz CT molecular complexity index is 336. The highest BCUT2D eigenvalue weighted by Crippen LogP contribution is 2.19. The van der Waals surface area contributed by atoms with E-state index in [1.807, 2.05) is 18.9 Å². The summed E-state index contributed by atoms with van der Waals surface area (Å²) in [6.07, 6.45) is 3.16. The van der Waals surface area contributed by atoms with Crippen molar-refractivity contribution in [3.05, 3.63) is 0 Å². The molecule has 0 spiro atoms. The number of carboxylic acids is 1. The third kappa shape index (κ3) is 4.36. The number of carboxylic acid groups (broad SMARTS) is 1. The van der Waals surface area contributed by atoms with Crippen molar-refractivity contribution in [1.82, 2.24) is 15.8 Å². The number of amides is 2. The topological polar surface area (TPSA) is 102 Å². The minimum absolute atomic E-state index is 0.245. The minimum Gasteiger partial charge on any atom is -0.479 e. The molecule has 0 aliphatic carbocycles. The number of piperidine rings is 1. The third-order valence-corrected chi connectivity index (χ3v) is 3.48. The van der Waals surface area contributed by atoms with Crippen LogP contribution in [-0.4, -0.2) is 51.5 Å². The molecule has 1 heterocycles. The van der Waals surface area contributed by atoms with Gasteiger partial charge in [-0.25, -0.2) is 14.6 Å². The van der Waals surface area contributed by atoms with Crippen LogP contribution in [0.3, 0.4) is 0 Å². The molecule has 1 aliphatic rings. The van der Waals surface area contributed by atoms with Crippen LogP contribution < -0.4 is 10.7 Å². The first kappa shape index (κ1) is 15.7. The zero-order chi connectivity index (χ0) is 14.6. The molecule has 2 amide bonds. The molecule has 0 aromatic rings. The number of aliphatic hydroxyl groups is 1. The van der Waals surface area contributed by atoms with Crippen LogP contribution in [0.15, 0.2) is 0 Å². The average molecular weight is 273 g/mol.